The summed E-state index contributed by atoms with van der Waals surface area (Å²) in [6, 6.07) is 2.72. The Kier molecular flexibility index (Phi) is 3.53. The second-order valence-corrected chi connectivity index (χ2v) is 6.35. The number of hydrogen-bond donors (Lipinski definition) is 0. The lowest BCUT2D eigenvalue weighted by Crippen LogP contribution is -2.19. The van der Waals surface area contributed by atoms with Gasteiger partial charge in [-0.2, -0.15) is 0 Å². The van der Waals surface area contributed by atoms with Crippen LogP contribution >= 0.6 is 46.3 Å². The van der Waals surface area contributed by atoms with Crippen molar-refractivity contribution < 1.29 is 0 Å². The lowest BCUT2D eigenvalue weighted by molar-refractivity contribution is 0.620. The van der Waals surface area contributed by atoms with Gasteiger partial charge in [0.2, 0.25) is 0 Å². The van der Waals surface area contributed by atoms with E-state index in [-0.39, 0.29) is 11.1 Å². The standard InChI is InChI=1S/C8H6Cl2N2O2S2/c9-5-3-7(13)11(15-5)1-2-12-8(14)4-6(10)16-12/h3-4H,1-2H2. The molecule has 0 saturated carbocycles. The Hall–Kier alpha value is -0.560. The van der Waals surface area contributed by atoms with Gasteiger partial charge in [-0.3, -0.25) is 17.5 Å². The summed E-state index contributed by atoms with van der Waals surface area (Å²) in [4.78, 5) is 22.7. The zero-order valence-corrected chi connectivity index (χ0v) is 11.0. The van der Waals surface area contributed by atoms with Crippen LogP contribution in [0.2, 0.25) is 8.67 Å². The van der Waals surface area contributed by atoms with Crippen LogP contribution in [0.1, 0.15) is 0 Å². The summed E-state index contributed by atoms with van der Waals surface area (Å²) < 4.78 is 3.90. The summed E-state index contributed by atoms with van der Waals surface area (Å²) >= 11 is 13.7. The van der Waals surface area contributed by atoms with Gasteiger partial charge < -0.3 is 0 Å². The first-order chi connectivity index (χ1) is 7.56. The predicted octanol–water partition coefficient (Wildman–Crippen LogP) is 2.14. The molecule has 0 amide bonds. The van der Waals surface area contributed by atoms with Crippen molar-refractivity contribution in [3.63, 3.8) is 0 Å². The molecule has 86 valence electrons. The van der Waals surface area contributed by atoms with E-state index in [9.17, 15) is 9.59 Å². The van der Waals surface area contributed by atoms with E-state index in [1.165, 1.54) is 43.1 Å². The topological polar surface area (TPSA) is 44.0 Å². The quantitative estimate of drug-likeness (QED) is 0.871. The molecule has 0 bridgehead atoms. The van der Waals surface area contributed by atoms with Crippen molar-refractivity contribution in [1.82, 2.24) is 7.91 Å². The van der Waals surface area contributed by atoms with E-state index in [0.29, 0.717) is 21.8 Å². The maximum absolute atomic E-state index is 11.3. The molecule has 0 unspecified atom stereocenters. The van der Waals surface area contributed by atoms with E-state index in [4.69, 9.17) is 23.2 Å². The molecule has 0 aromatic carbocycles. The number of hydrogen-bond acceptors (Lipinski definition) is 4. The van der Waals surface area contributed by atoms with E-state index in [2.05, 4.69) is 0 Å². The second kappa shape index (κ2) is 4.75. The summed E-state index contributed by atoms with van der Waals surface area (Å²) in [6.45, 7) is 0.847. The van der Waals surface area contributed by atoms with Crippen molar-refractivity contribution in [1.29, 1.82) is 0 Å². The van der Waals surface area contributed by atoms with E-state index in [0.717, 1.165) is 0 Å². The molecule has 4 nitrogen and oxygen atoms in total. The number of aryl methyl sites for hydroxylation is 2. The van der Waals surface area contributed by atoms with Crippen LogP contribution in [0.25, 0.3) is 0 Å². The molecular weight excluding hydrogens is 291 g/mol. The molecule has 2 heterocycles. The van der Waals surface area contributed by atoms with E-state index in [1.54, 1.807) is 0 Å². The van der Waals surface area contributed by atoms with Crippen molar-refractivity contribution >= 4 is 46.3 Å². The number of aromatic nitrogens is 2. The molecule has 0 spiro atoms. The third-order valence-electron chi connectivity index (χ3n) is 1.87. The van der Waals surface area contributed by atoms with Crippen LogP contribution in [0.4, 0.5) is 0 Å². The monoisotopic (exact) mass is 296 g/mol. The highest BCUT2D eigenvalue weighted by Crippen LogP contribution is 2.14. The molecule has 0 radical (unpaired) electrons. The fourth-order valence-electron chi connectivity index (χ4n) is 1.18. The summed E-state index contributed by atoms with van der Waals surface area (Å²) in [5, 5.41) is 0. The zero-order chi connectivity index (χ0) is 11.7. The number of halogens is 2. The van der Waals surface area contributed by atoms with Crippen molar-refractivity contribution in [3.05, 3.63) is 41.5 Å². The average Bonchev–Trinajstić information content (AvgIpc) is 2.66. The third-order valence-corrected chi connectivity index (χ3v) is 4.25. The van der Waals surface area contributed by atoms with Crippen LogP contribution in [0.3, 0.4) is 0 Å². The number of rotatable bonds is 3. The first kappa shape index (κ1) is 11.9. The zero-order valence-electron chi connectivity index (χ0n) is 7.85. The van der Waals surface area contributed by atoms with Gasteiger partial charge in [0.05, 0.1) is 13.1 Å². The lowest BCUT2D eigenvalue weighted by Gasteiger charge is -2.00. The van der Waals surface area contributed by atoms with E-state index < -0.39 is 0 Å². The minimum Gasteiger partial charge on any atom is -0.268 e. The van der Waals surface area contributed by atoms with Crippen LogP contribution in [-0.2, 0) is 13.1 Å². The van der Waals surface area contributed by atoms with Gasteiger partial charge in [-0.05, 0) is 23.1 Å². The highest BCUT2D eigenvalue weighted by atomic mass is 35.5. The van der Waals surface area contributed by atoms with Gasteiger partial charge in [0.15, 0.2) is 0 Å². The summed E-state index contributed by atoms with van der Waals surface area (Å²) in [5.41, 5.74) is -0.295. The van der Waals surface area contributed by atoms with Gasteiger partial charge in [-0.15, -0.1) is 0 Å². The molecule has 0 N–H and O–H groups in total. The molecule has 2 aromatic rings. The van der Waals surface area contributed by atoms with Crippen LogP contribution in [0, 0.1) is 0 Å². The molecule has 0 atom stereocenters. The SMILES string of the molecule is O=c1cc(Cl)sn1CCn1sc(Cl)cc1=O. The smallest absolute Gasteiger partial charge is 0.262 e. The largest absolute Gasteiger partial charge is 0.268 e. The number of nitrogens with zero attached hydrogens (tertiary/aromatic N) is 2. The van der Waals surface area contributed by atoms with Crippen molar-refractivity contribution in [2.24, 2.45) is 0 Å². The second-order valence-electron chi connectivity index (χ2n) is 2.96. The van der Waals surface area contributed by atoms with Crippen molar-refractivity contribution in [2.75, 3.05) is 0 Å². The molecule has 16 heavy (non-hydrogen) atoms. The maximum atomic E-state index is 11.3. The van der Waals surface area contributed by atoms with Crippen LogP contribution < -0.4 is 11.1 Å². The Labute approximate surface area is 109 Å². The van der Waals surface area contributed by atoms with Crippen molar-refractivity contribution in [3.8, 4) is 0 Å². The minimum absolute atomic E-state index is 0.147. The molecule has 0 aliphatic heterocycles. The molecule has 2 aromatic heterocycles. The van der Waals surface area contributed by atoms with Gasteiger partial charge in [0.25, 0.3) is 11.1 Å². The highest BCUT2D eigenvalue weighted by Gasteiger charge is 2.05. The highest BCUT2D eigenvalue weighted by molar-refractivity contribution is 7.11. The minimum atomic E-state index is -0.147. The van der Waals surface area contributed by atoms with E-state index >= 15 is 0 Å². The normalized spacial score (nSPS) is 10.9. The molecule has 0 aliphatic rings. The van der Waals surface area contributed by atoms with Gasteiger partial charge in [-0.25, -0.2) is 0 Å². The maximum Gasteiger partial charge on any atom is 0.262 e. The predicted molar refractivity (Wildman–Crippen MR) is 67.2 cm³/mol. The Morgan fingerprint density at radius 1 is 0.938 bits per heavy atom. The fraction of sp³-hybridized carbons (Fsp3) is 0.250. The molecule has 0 fully saturated rings. The van der Waals surface area contributed by atoms with Gasteiger partial charge in [0.1, 0.15) is 8.67 Å². The Morgan fingerprint density at radius 3 is 1.56 bits per heavy atom. The first-order valence-electron chi connectivity index (χ1n) is 4.29. The fourth-order valence-corrected chi connectivity index (χ4v) is 3.23. The summed E-state index contributed by atoms with van der Waals surface area (Å²) in [7, 11) is 0. The Morgan fingerprint density at radius 2 is 1.31 bits per heavy atom. The average molecular weight is 297 g/mol. The van der Waals surface area contributed by atoms with Gasteiger partial charge >= 0.3 is 0 Å². The molecule has 8 heteroatoms. The van der Waals surface area contributed by atoms with Crippen LogP contribution in [0.5, 0.6) is 0 Å². The molecule has 2 rings (SSSR count). The van der Waals surface area contributed by atoms with Crippen molar-refractivity contribution in [2.45, 2.75) is 13.1 Å². The summed E-state index contributed by atoms with van der Waals surface area (Å²) in [6.07, 6.45) is 0. The Balaban J connectivity index is 2.13. The van der Waals surface area contributed by atoms with E-state index in [1.807, 2.05) is 0 Å². The molecular formula is C8H6Cl2N2O2S2. The van der Waals surface area contributed by atoms with Crippen LogP contribution in [0.15, 0.2) is 21.7 Å². The van der Waals surface area contributed by atoms with Crippen LogP contribution in [-0.4, -0.2) is 7.91 Å². The van der Waals surface area contributed by atoms with Gasteiger partial charge in [0, 0.05) is 12.1 Å². The lowest BCUT2D eigenvalue weighted by atomic mass is 10.6. The summed E-state index contributed by atoms with van der Waals surface area (Å²) in [5.74, 6) is 0. The third kappa shape index (κ3) is 2.57. The van der Waals surface area contributed by atoms with Gasteiger partial charge in [-0.1, -0.05) is 23.2 Å². The first-order valence-corrected chi connectivity index (χ1v) is 6.60. The molecule has 0 aliphatic carbocycles. The molecule has 0 saturated heterocycles. The Bertz CT molecular complexity index is 556.